The van der Waals surface area contributed by atoms with E-state index in [0.717, 1.165) is 0 Å². The molecule has 0 aliphatic rings. The molecular weight excluding hydrogens is 175 g/mol. The second-order valence-electron chi connectivity index (χ2n) is 1.55. The second kappa shape index (κ2) is 2.94. The van der Waals surface area contributed by atoms with E-state index < -0.39 is 0 Å². The van der Waals surface area contributed by atoms with Gasteiger partial charge in [0.05, 0.1) is 11.2 Å². The lowest BCUT2D eigenvalue weighted by Crippen LogP contribution is -1.73. The maximum Gasteiger partial charge on any atom is 0.144 e. The summed E-state index contributed by atoms with van der Waals surface area (Å²) in [7, 11) is 0. The van der Waals surface area contributed by atoms with E-state index in [1.165, 1.54) is 12.3 Å². The molecule has 0 radical (unpaired) electrons. The summed E-state index contributed by atoms with van der Waals surface area (Å²) in [4.78, 5) is 13.5. The number of pyridine rings is 1. The molecule has 0 N–H and O–H groups in total. The number of hydrogen-bond acceptors (Lipinski definition) is 3. The molecule has 10 heavy (non-hydrogen) atoms. The van der Waals surface area contributed by atoms with Gasteiger partial charge in [-0.2, -0.15) is 0 Å². The van der Waals surface area contributed by atoms with Crippen LogP contribution in [0.25, 0.3) is 0 Å². The van der Waals surface area contributed by atoms with E-state index in [1.54, 1.807) is 0 Å². The average molecular weight is 177 g/mol. The first-order valence-electron chi connectivity index (χ1n) is 2.38. The highest BCUT2D eigenvalue weighted by atomic mass is 35.5. The van der Waals surface area contributed by atoms with Gasteiger partial charge in [0, 0.05) is 0 Å². The van der Waals surface area contributed by atoms with Crippen molar-refractivity contribution in [3.63, 3.8) is 0 Å². The van der Waals surface area contributed by atoms with Crippen LogP contribution < -0.4 is 0 Å². The van der Waals surface area contributed by atoms with E-state index >= 15 is 0 Å². The van der Waals surface area contributed by atoms with E-state index in [1.807, 2.05) is 0 Å². The molecular formula is C5H2Cl2N2O. The quantitative estimate of drug-likeness (QED) is 0.488. The van der Waals surface area contributed by atoms with E-state index in [0.29, 0.717) is 0 Å². The van der Waals surface area contributed by atoms with Crippen molar-refractivity contribution in [2.24, 2.45) is 5.18 Å². The van der Waals surface area contributed by atoms with Crippen molar-refractivity contribution in [1.29, 1.82) is 0 Å². The molecule has 52 valence electrons. The van der Waals surface area contributed by atoms with Crippen LogP contribution in [0.1, 0.15) is 0 Å². The number of rotatable bonds is 1. The summed E-state index contributed by atoms with van der Waals surface area (Å²) in [5.74, 6) is 0. The molecule has 1 aromatic rings. The highest BCUT2D eigenvalue weighted by Gasteiger charge is 2.00. The van der Waals surface area contributed by atoms with Gasteiger partial charge >= 0.3 is 0 Å². The van der Waals surface area contributed by atoms with Crippen molar-refractivity contribution in [2.45, 2.75) is 0 Å². The third kappa shape index (κ3) is 1.43. The number of hydrogen-bond donors (Lipinski definition) is 0. The Balaban J connectivity index is 3.19. The van der Waals surface area contributed by atoms with Crippen LogP contribution in [-0.4, -0.2) is 4.98 Å². The zero-order valence-corrected chi connectivity index (χ0v) is 6.23. The van der Waals surface area contributed by atoms with Crippen LogP contribution in [0, 0.1) is 4.91 Å². The highest BCUT2D eigenvalue weighted by Crippen LogP contribution is 2.24. The molecule has 0 fully saturated rings. The fourth-order valence-electron chi connectivity index (χ4n) is 0.467. The molecule has 0 amide bonds. The fraction of sp³-hybridized carbons (Fsp3) is 0. The Kier molecular flexibility index (Phi) is 2.19. The minimum atomic E-state index is 0.103. The monoisotopic (exact) mass is 176 g/mol. The number of halogens is 2. The first-order chi connectivity index (χ1) is 4.74. The Morgan fingerprint density at radius 1 is 1.50 bits per heavy atom. The predicted molar refractivity (Wildman–Crippen MR) is 39.7 cm³/mol. The SMILES string of the molecule is O=Nc1cnc(Cl)cc1Cl. The van der Waals surface area contributed by atoms with Crippen molar-refractivity contribution in [1.82, 2.24) is 4.98 Å². The summed E-state index contributed by atoms with van der Waals surface area (Å²) >= 11 is 10.9. The van der Waals surface area contributed by atoms with Gasteiger partial charge in [-0.05, 0) is 11.2 Å². The van der Waals surface area contributed by atoms with Crippen molar-refractivity contribution in [3.05, 3.63) is 27.3 Å². The van der Waals surface area contributed by atoms with Gasteiger partial charge in [0.25, 0.3) is 0 Å². The van der Waals surface area contributed by atoms with Gasteiger partial charge in [0.15, 0.2) is 0 Å². The first kappa shape index (κ1) is 7.44. The van der Waals surface area contributed by atoms with Gasteiger partial charge in [0.2, 0.25) is 0 Å². The van der Waals surface area contributed by atoms with Gasteiger partial charge in [-0.25, -0.2) is 4.98 Å². The largest absolute Gasteiger partial charge is 0.242 e. The number of nitroso groups, excluding NO2 is 1. The molecule has 0 atom stereocenters. The smallest absolute Gasteiger partial charge is 0.144 e. The van der Waals surface area contributed by atoms with Gasteiger partial charge in [0.1, 0.15) is 10.8 Å². The Labute approximate surface area is 67.0 Å². The normalized spacial score (nSPS) is 9.40. The topological polar surface area (TPSA) is 42.3 Å². The zero-order chi connectivity index (χ0) is 7.56. The molecule has 0 saturated carbocycles. The molecule has 0 aliphatic heterocycles. The van der Waals surface area contributed by atoms with Crippen LogP contribution in [0.15, 0.2) is 17.4 Å². The van der Waals surface area contributed by atoms with E-state index in [-0.39, 0.29) is 15.9 Å². The molecule has 1 rings (SSSR count). The predicted octanol–water partition coefficient (Wildman–Crippen LogP) is 2.79. The maximum atomic E-state index is 9.92. The molecule has 5 heteroatoms. The molecule has 0 aromatic carbocycles. The Hall–Kier alpha value is -0.670. The van der Waals surface area contributed by atoms with Crippen molar-refractivity contribution >= 4 is 28.9 Å². The lowest BCUT2D eigenvalue weighted by Gasteiger charge is -1.91. The number of nitrogens with zero attached hydrogens (tertiary/aromatic N) is 2. The Morgan fingerprint density at radius 3 is 2.70 bits per heavy atom. The summed E-state index contributed by atoms with van der Waals surface area (Å²) in [6.45, 7) is 0. The second-order valence-corrected chi connectivity index (χ2v) is 2.34. The third-order valence-corrected chi connectivity index (χ3v) is 1.41. The van der Waals surface area contributed by atoms with E-state index in [2.05, 4.69) is 10.2 Å². The van der Waals surface area contributed by atoms with Crippen molar-refractivity contribution in [3.8, 4) is 0 Å². The van der Waals surface area contributed by atoms with Crippen LogP contribution in [0.5, 0.6) is 0 Å². The fourth-order valence-corrected chi connectivity index (χ4v) is 0.868. The van der Waals surface area contributed by atoms with E-state index in [4.69, 9.17) is 23.2 Å². The number of aromatic nitrogens is 1. The van der Waals surface area contributed by atoms with Crippen LogP contribution in [0.4, 0.5) is 5.69 Å². The molecule has 0 saturated heterocycles. The van der Waals surface area contributed by atoms with Gasteiger partial charge in [-0.3, -0.25) is 0 Å². The third-order valence-electron chi connectivity index (χ3n) is 0.899. The van der Waals surface area contributed by atoms with Gasteiger partial charge < -0.3 is 0 Å². The van der Waals surface area contributed by atoms with Crippen molar-refractivity contribution in [2.75, 3.05) is 0 Å². The van der Waals surface area contributed by atoms with Crippen LogP contribution >= 0.6 is 23.2 Å². The molecule has 1 aromatic heterocycles. The molecule has 0 spiro atoms. The zero-order valence-electron chi connectivity index (χ0n) is 4.71. The summed E-state index contributed by atoms with van der Waals surface area (Å²) in [5, 5.41) is 3.07. The van der Waals surface area contributed by atoms with E-state index in [9.17, 15) is 4.91 Å². The summed E-state index contributed by atoms with van der Waals surface area (Å²) < 4.78 is 0. The minimum absolute atomic E-state index is 0.103. The summed E-state index contributed by atoms with van der Waals surface area (Å²) in [6, 6.07) is 1.36. The average Bonchev–Trinajstić information content (AvgIpc) is 1.88. The maximum absolute atomic E-state index is 9.92. The van der Waals surface area contributed by atoms with Gasteiger partial charge in [-0.15, -0.1) is 4.91 Å². The molecule has 3 nitrogen and oxygen atoms in total. The highest BCUT2D eigenvalue weighted by molar-refractivity contribution is 6.35. The molecule has 0 aliphatic carbocycles. The minimum Gasteiger partial charge on any atom is -0.242 e. The molecule has 1 heterocycles. The molecule has 0 bridgehead atoms. The van der Waals surface area contributed by atoms with Gasteiger partial charge in [-0.1, -0.05) is 23.2 Å². The summed E-state index contributed by atoms with van der Waals surface area (Å²) in [5.41, 5.74) is 0.103. The first-order valence-corrected chi connectivity index (χ1v) is 3.14. The Bertz CT molecular complexity index is 264. The lowest BCUT2D eigenvalue weighted by molar-refractivity contribution is 1.30. The Morgan fingerprint density at radius 2 is 2.20 bits per heavy atom. The van der Waals surface area contributed by atoms with Crippen LogP contribution in [-0.2, 0) is 0 Å². The summed E-state index contributed by atoms with van der Waals surface area (Å²) in [6.07, 6.45) is 1.22. The molecule has 0 unspecified atom stereocenters. The lowest BCUT2D eigenvalue weighted by atomic mass is 10.4. The van der Waals surface area contributed by atoms with Crippen LogP contribution in [0.2, 0.25) is 10.2 Å². The van der Waals surface area contributed by atoms with Crippen LogP contribution in [0.3, 0.4) is 0 Å². The standard InChI is InChI=1S/C5H2Cl2N2O/c6-3-1-5(7)8-2-4(3)9-10/h1-2H. The van der Waals surface area contributed by atoms with Crippen molar-refractivity contribution < 1.29 is 0 Å².